The number of benzene rings is 1. The smallest absolute Gasteiger partial charge is 0.252 e. The fourth-order valence-corrected chi connectivity index (χ4v) is 2.52. The van der Waals surface area contributed by atoms with Gasteiger partial charge in [0, 0.05) is 25.0 Å². The third-order valence-electron chi connectivity index (χ3n) is 3.67. The molecule has 0 aliphatic carbocycles. The Morgan fingerprint density at radius 3 is 2.44 bits per heavy atom. The zero-order chi connectivity index (χ0) is 18.9. The molecule has 5 nitrogen and oxygen atoms in total. The predicted molar refractivity (Wildman–Crippen MR) is 103 cm³/mol. The molecule has 25 heavy (non-hydrogen) atoms. The monoisotopic (exact) mass is 367 g/mol. The van der Waals surface area contributed by atoms with Crippen molar-refractivity contribution >= 4 is 23.4 Å². The summed E-state index contributed by atoms with van der Waals surface area (Å²) in [6.07, 6.45) is 1.19. The van der Waals surface area contributed by atoms with E-state index in [2.05, 4.69) is 29.8 Å². The Morgan fingerprint density at radius 1 is 1.12 bits per heavy atom. The van der Waals surface area contributed by atoms with E-state index in [1.165, 1.54) is 0 Å². The second-order valence-electron chi connectivity index (χ2n) is 7.27. The second kappa shape index (κ2) is 10.4. The molecule has 0 aliphatic rings. The van der Waals surface area contributed by atoms with Gasteiger partial charge in [0.15, 0.2) is 0 Å². The average molecular weight is 368 g/mol. The summed E-state index contributed by atoms with van der Waals surface area (Å²) in [5.41, 5.74) is 0.202. The molecule has 0 unspecified atom stereocenters. The Balaban J connectivity index is 2.24. The second-order valence-corrected chi connectivity index (χ2v) is 7.68. The zero-order valence-electron chi connectivity index (χ0n) is 15.6. The van der Waals surface area contributed by atoms with Crippen molar-refractivity contribution in [1.29, 1.82) is 0 Å². The van der Waals surface area contributed by atoms with Crippen molar-refractivity contribution in [2.24, 2.45) is 5.92 Å². The quantitative estimate of drug-likeness (QED) is 0.557. The van der Waals surface area contributed by atoms with Crippen LogP contribution in [0.4, 0.5) is 0 Å². The summed E-state index contributed by atoms with van der Waals surface area (Å²) >= 11 is 6.00. The van der Waals surface area contributed by atoms with Gasteiger partial charge in [-0.3, -0.25) is 9.59 Å². The molecule has 0 atom stereocenters. The molecule has 1 aromatic carbocycles. The average Bonchev–Trinajstić information content (AvgIpc) is 2.52. The minimum Gasteiger partial charge on any atom is -0.356 e. The maximum absolute atomic E-state index is 12.0. The number of amides is 2. The molecule has 0 radical (unpaired) electrons. The number of hydrogen-bond donors (Lipinski definition) is 3. The molecule has 0 spiro atoms. The van der Waals surface area contributed by atoms with Gasteiger partial charge in [-0.05, 0) is 44.9 Å². The molecule has 0 aromatic heterocycles. The first-order chi connectivity index (χ1) is 11.7. The van der Waals surface area contributed by atoms with E-state index in [9.17, 15) is 9.59 Å². The van der Waals surface area contributed by atoms with Gasteiger partial charge in [-0.2, -0.15) is 0 Å². The van der Waals surface area contributed by atoms with Crippen molar-refractivity contribution in [2.75, 3.05) is 19.6 Å². The van der Waals surface area contributed by atoms with Gasteiger partial charge >= 0.3 is 0 Å². The third kappa shape index (κ3) is 8.89. The van der Waals surface area contributed by atoms with E-state index in [4.69, 9.17) is 11.6 Å². The molecule has 0 saturated carbocycles. The van der Waals surface area contributed by atoms with Crippen LogP contribution in [0.2, 0.25) is 5.02 Å². The van der Waals surface area contributed by atoms with Crippen LogP contribution in [0.1, 0.15) is 50.9 Å². The van der Waals surface area contributed by atoms with Crippen molar-refractivity contribution in [2.45, 2.75) is 46.1 Å². The molecule has 0 saturated heterocycles. The van der Waals surface area contributed by atoms with Crippen LogP contribution in [-0.2, 0) is 4.79 Å². The maximum atomic E-state index is 12.0. The van der Waals surface area contributed by atoms with Gasteiger partial charge in [-0.15, -0.1) is 0 Å². The van der Waals surface area contributed by atoms with Crippen molar-refractivity contribution in [3.63, 3.8) is 0 Å². The van der Waals surface area contributed by atoms with E-state index in [0.29, 0.717) is 42.6 Å². The first-order valence-electron chi connectivity index (χ1n) is 8.76. The highest BCUT2D eigenvalue weighted by Crippen LogP contribution is 2.14. The first-order valence-corrected chi connectivity index (χ1v) is 9.13. The lowest BCUT2D eigenvalue weighted by atomic mass is 10.00. The summed E-state index contributed by atoms with van der Waals surface area (Å²) in [6, 6.07) is 6.98. The van der Waals surface area contributed by atoms with Crippen LogP contribution < -0.4 is 16.0 Å². The largest absolute Gasteiger partial charge is 0.356 e. The molecule has 140 valence electrons. The van der Waals surface area contributed by atoms with Crippen LogP contribution in [-0.4, -0.2) is 37.0 Å². The zero-order valence-corrected chi connectivity index (χ0v) is 16.4. The predicted octanol–water partition coefficient (Wildman–Crippen LogP) is 2.99. The first kappa shape index (κ1) is 21.5. The summed E-state index contributed by atoms with van der Waals surface area (Å²) in [7, 11) is 0. The molecule has 0 fully saturated rings. The van der Waals surface area contributed by atoms with Crippen molar-refractivity contribution in [3.05, 3.63) is 34.9 Å². The number of carbonyl (C=O) groups is 2. The molecule has 0 heterocycles. The highest BCUT2D eigenvalue weighted by atomic mass is 35.5. The topological polar surface area (TPSA) is 70.2 Å². The number of halogens is 1. The van der Waals surface area contributed by atoms with Crippen LogP contribution in [0.25, 0.3) is 0 Å². The lowest BCUT2D eigenvalue weighted by molar-refractivity contribution is -0.122. The Labute approximate surface area is 155 Å². The lowest BCUT2D eigenvalue weighted by Crippen LogP contribution is -2.45. The lowest BCUT2D eigenvalue weighted by Gasteiger charge is -2.26. The maximum Gasteiger partial charge on any atom is 0.252 e. The SMILES string of the molecule is CC(C)CNC(=O)CC(C)(C)NCCCNC(=O)c1ccccc1Cl. The Bertz CT molecular complexity index is 574. The fraction of sp³-hybridized carbons (Fsp3) is 0.579. The minimum atomic E-state index is -0.284. The van der Waals surface area contributed by atoms with Crippen molar-refractivity contribution < 1.29 is 9.59 Å². The Morgan fingerprint density at radius 2 is 1.80 bits per heavy atom. The molecular formula is C19H30ClN3O2. The number of rotatable bonds is 10. The summed E-state index contributed by atoms with van der Waals surface area (Å²) in [6.45, 7) is 10.1. The van der Waals surface area contributed by atoms with Gasteiger partial charge in [-0.1, -0.05) is 37.6 Å². The van der Waals surface area contributed by atoms with Crippen molar-refractivity contribution in [3.8, 4) is 0 Å². The number of carbonyl (C=O) groups excluding carboxylic acids is 2. The molecule has 6 heteroatoms. The van der Waals surface area contributed by atoms with Gasteiger partial charge in [0.1, 0.15) is 0 Å². The normalized spacial score (nSPS) is 11.4. The molecule has 1 rings (SSSR count). The molecule has 2 amide bonds. The van der Waals surface area contributed by atoms with Gasteiger partial charge in [0.05, 0.1) is 10.6 Å². The van der Waals surface area contributed by atoms with E-state index in [-0.39, 0.29) is 17.4 Å². The van der Waals surface area contributed by atoms with Crippen molar-refractivity contribution in [1.82, 2.24) is 16.0 Å². The molecule has 0 aliphatic heterocycles. The van der Waals surface area contributed by atoms with E-state index in [0.717, 1.165) is 6.42 Å². The van der Waals surface area contributed by atoms with Crippen LogP contribution in [0, 0.1) is 5.92 Å². The highest BCUT2D eigenvalue weighted by Gasteiger charge is 2.21. The standard InChI is InChI=1S/C19H30ClN3O2/c1-14(2)13-22-17(24)12-19(3,4)23-11-7-10-21-18(25)15-8-5-6-9-16(15)20/h5-6,8-9,14,23H,7,10-13H2,1-4H3,(H,21,25)(H,22,24). The fourth-order valence-electron chi connectivity index (χ4n) is 2.30. The van der Waals surface area contributed by atoms with Gasteiger partial charge in [0.2, 0.25) is 5.91 Å². The van der Waals surface area contributed by atoms with E-state index >= 15 is 0 Å². The number of hydrogen-bond acceptors (Lipinski definition) is 3. The highest BCUT2D eigenvalue weighted by molar-refractivity contribution is 6.33. The van der Waals surface area contributed by atoms with Crippen LogP contribution >= 0.6 is 11.6 Å². The van der Waals surface area contributed by atoms with Gasteiger partial charge < -0.3 is 16.0 Å². The van der Waals surface area contributed by atoms with E-state index in [1.54, 1.807) is 24.3 Å². The molecule has 0 bridgehead atoms. The third-order valence-corrected chi connectivity index (χ3v) is 4.00. The summed E-state index contributed by atoms with van der Waals surface area (Å²) in [5, 5.41) is 9.60. The van der Waals surface area contributed by atoms with Crippen LogP contribution in [0.5, 0.6) is 0 Å². The van der Waals surface area contributed by atoms with E-state index < -0.39 is 0 Å². The summed E-state index contributed by atoms with van der Waals surface area (Å²) in [5.74, 6) is 0.331. The van der Waals surface area contributed by atoms with Gasteiger partial charge in [0.25, 0.3) is 5.91 Å². The molecular weight excluding hydrogens is 338 g/mol. The van der Waals surface area contributed by atoms with Crippen LogP contribution in [0.15, 0.2) is 24.3 Å². The Kier molecular flexibility index (Phi) is 8.93. The van der Waals surface area contributed by atoms with E-state index in [1.807, 2.05) is 13.8 Å². The molecule has 3 N–H and O–H groups in total. The summed E-state index contributed by atoms with van der Waals surface area (Å²) < 4.78 is 0. The minimum absolute atomic E-state index is 0.0539. The summed E-state index contributed by atoms with van der Waals surface area (Å²) in [4.78, 5) is 23.9. The Hall–Kier alpha value is -1.59. The number of nitrogens with one attached hydrogen (secondary N) is 3. The molecule has 1 aromatic rings. The van der Waals surface area contributed by atoms with Crippen LogP contribution in [0.3, 0.4) is 0 Å². The van der Waals surface area contributed by atoms with Gasteiger partial charge in [-0.25, -0.2) is 0 Å².